The SMILES string of the molecule is CCCCNC(=NCC1COC2(CCOCC2)O1)NCCc1ccco1.I. The Morgan fingerprint density at radius 1 is 1.26 bits per heavy atom. The maximum absolute atomic E-state index is 6.15. The zero-order valence-corrected chi connectivity index (χ0v) is 18.4. The van der Waals surface area contributed by atoms with Crippen molar-refractivity contribution in [1.29, 1.82) is 0 Å². The van der Waals surface area contributed by atoms with Crippen LogP contribution in [0.15, 0.2) is 27.8 Å². The van der Waals surface area contributed by atoms with Gasteiger partial charge in [-0.1, -0.05) is 13.3 Å². The number of unbranched alkanes of at least 4 members (excludes halogenated alkanes) is 1. The molecule has 8 heteroatoms. The zero-order valence-electron chi connectivity index (χ0n) is 16.1. The molecule has 2 aliphatic rings. The highest BCUT2D eigenvalue weighted by atomic mass is 127. The van der Waals surface area contributed by atoms with Gasteiger partial charge in [0.25, 0.3) is 0 Å². The second-order valence-corrected chi connectivity index (χ2v) is 6.80. The van der Waals surface area contributed by atoms with E-state index in [4.69, 9.17) is 23.6 Å². The molecule has 1 atom stereocenters. The van der Waals surface area contributed by atoms with Crippen LogP contribution in [0.4, 0.5) is 0 Å². The predicted octanol–water partition coefficient (Wildman–Crippen LogP) is 2.70. The fourth-order valence-electron chi connectivity index (χ4n) is 3.16. The van der Waals surface area contributed by atoms with Crippen molar-refractivity contribution in [3.05, 3.63) is 24.2 Å². The number of halogens is 1. The normalized spacial score (nSPS) is 21.8. The minimum atomic E-state index is -0.443. The quantitative estimate of drug-likeness (QED) is 0.251. The van der Waals surface area contributed by atoms with E-state index in [9.17, 15) is 0 Å². The van der Waals surface area contributed by atoms with Crippen molar-refractivity contribution in [2.75, 3.05) is 39.5 Å². The van der Waals surface area contributed by atoms with Gasteiger partial charge in [0.05, 0.1) is 32.6 Å². The molecule has 0 bridgehead atoms. The Morgan fingerprint density at radius 3 is 2.81 bits per heavy atom. The summed E-state index contributed by atoms with van der Waals surface area (Å²) >= 11 is 0. The summed E-state index contributed by atoms with van der Waals surface area (Å²) in [5.41, 5.74) is 0. The van der Waals surface area contributed by atoms with Crippen LogP contribution >= 0.6 is 24.0 Å². The molecule has 1 aromatic heterocycles. The molecule has 0 radical (unpaired) electrons. The van der Waals surface area contributed by atoms with Gasteiger partial charge in [-0.25, -0.2) is 0 Å². The van der Waals surface area contributed by atoms with Crippen molar-refractivity contribution in [2.24, 2.45) is 4.99 Å². The third kappa shape index (κ3) is 7.24. The summed E-state index contributed by atoms with van der Waals surface area (Å²) < 4.78 is 22.9. The van der Waals surface area contributed by atoms with Gasteiger partial charge < -0.3 is 29.3 Å². The second-order valence-electron chi connectivity index (χ2n) is 6.80. The van der Waals surface area contributed by atoms with Crippen LogP contribution < -0.4 is 10.6 Å². The molecular formula is C19H32IN3O4. The molecule has 2 saturated heterocycles. The van der Waals surface area contributed by atoms with Crippen LogP contribution in [0, 0.1) is 0 Å². The molecule has 0 saturated carbocycles. The Morgan fingerprint density at radius 2 is 2.07 bits per heavy atom. The Kier molecular flexibility index (Phi) is 9.88. The summed E-state index contributed by atoms with van der Waals surface area (Å²) in [5, 5.41) is 6.76. The van der Waals surface area contributed by atoms with Crippen LogP contribution in [0.25, 0.3) is 0 Å². The average Bonchev–Trinajstić information content (AvgIpc) is 3.31. The fourth-order valence-corrected chi connectivity index (χ4v) is 3.16. The van der Waals surface area contributed by atoms with Crippen molar-refractivity contribution < 1.29 is 18.6 Å². The molecule has 1 spiro atoms. The largest absolute Gasteiger partial charge is 0.469 e. The summed E-state index contributed by atoms with van der Waals surface area (Å²) in [6, 6.07) is 3.90. The maximum Gasteiger partial charge on any atom is 0.191 e. The van der Waals surface area contributed by atoms with E-state index in [0.717, 1.165) is 56.9 Å². The summed E-state index contributed by atoms with van der Waals surface area (Å²) in [6.45, 7) is 6.45. The number of nitrogens with one attached hydrogen (secondary N) is 2. The lowest BCUT2D eigenvalue weighted by molar-refractivity contribution is -0.210. The van der Waals surface area contributed by atoms with E-state index in [1.54, 1.807) is 6.26 Å². The molecular weight excluding hydrogens is 461 g/mol. The molecule has 2 fully saturated rings. The van der Waals surface area contributed by atoms with Crippen LogP contribution in [0.5, 0.6) is 0 Å². The number of aliphatic imine (C=N–C) groups is 1. The smallest absolute Gasteiger partial charge is 0.191 e. The Bertz CT molecular complexity index is 547. The van der Waals surface area contributed by atoms with E-state index in [0.29, 0.717) is 26.4 Å². The van der Waals surface area contributed by atoms with E-state index in [1.807, 2.05) is 12.1 Å². The molecule has 2 aliphatic heterocycles. The first kappa shape index (κ1) is 22.4. The van der Waals surface area contributed by atoms with Crippen molar-refractivity contribution >= 4 is 29.9 Å². The lowest BCUT2D eigenvalue weighted by Gasteiger charge is -2.31. The highest BCUT2D eigenvalue weighted by molar-refractivity contribution is 14.0. The van der Waals surface area contributed by atoms with Crippen LogP contribution in [-0.2, 0) is 20.6 Å². The number of guanidine groups is 1. The first-order valence-corrected chi connectivity index (χ1v) is 9.74. The van der Waals surface area contributed by atoms with Gasteiger partial charge in [-0.15, -0.1) is 24.0 Å². The Balaban J connectivity index is 0.00000261. The lowest BCUT2D eigenvalue weighted by Crippen LogP contribution is -2.40. The first-order valence-electron chi connectivity index (χ1n) is 9.74. The molecule has 27 heavy (non-hydrogen) atoms. The maximum atomic E-state index is 6.15. The van der Waals surface area contributed by atoms with Gasteiger partial charge in [-0.2, -0.15) is 0 Å². The molecule has 7 nitrogen and oxygen atoms in total. The van der Waals surface area contributed by atoms with E-state index in [-0.39, 0.29) is 30.1 Å². The number of rotatable bonds is 8. The molecule has 1 unspecified atom stereocenters. The molecule has 1 aromatic rings. The van der Waals surface area contributed by atoms with E-state index in [2.05, 4.69) is 17.6 Å². The van der Waals surface area contributed by atoms with Crippen molar-refractivity contribution in [3.8, 4) is 0 Å². The molecule has 0 amide bonds. The van der Waals surface area contributed by atoms with Crippen molar-refractivity contribution in [3.63, 3.8) is 0 Å². The van der Waals surface area contributed by atoms with Crippen LogP contribution in [0.3, 0.4) is 0 Å². The van der Waals surface area contributed by atoms with Crippen LogP contribution in [-0.4, -0.2) is 57.3 Å². The van der Waals surface area contributed by atoms with E-state index < -0.39 is 5.79 Å². The van der Waals surface area contributed by atoms with Gasteiger partial charge in [0.2, 0.25) is 0 Å². The highest BCUT2D eigenvalue weighted by Crippen LogP contribution is 2.33. The van der Waals surface area contributed by atoms with Crippen molar-refractivity contribution in [2.45, 2.75) is 50.9 Å². The molecule has 0 aromatic carbocycles. The average molecular weight is 493 g/mol. The van der Waals surface area contributed by atoms with Gasteiger partial charge in [0.1, 0.15) is 11.9 Å². The van der Waals surface area contributed by atoms with Gasteiger partial charge in [0, 0.05) is 32.4 Å². The summed E-state index contributed by atoms with van der Waals surface area (Å²) in [7, 11) is 0. The monoisotopic (exact) mass is 493 g/mol. The standard InChI is InChI=1S/C19H31N3O4.HI/c1-2-3-9-20-18(21-10-6-16-5-4-11-24-16)22-14-17-15-25-19(26-17)7-12-23-13-8-19;/h4-5,11,17H,2-3,6-10,12-15H2,1H3,(H2,20,21,22);1H. The summed E-state index contributed by atoms with van der Waals surface area (Å²) in [4.78, 5) is 4.70. The number of ether oxygens (including phenoxy) is 3. The molecule has 154 valence electrons. The molecule has 0 aliphatic carbocycles. The Labute approximate surface area is 178 Å². The van der Waals surface area contributed by atoms with Gasteiger partial charge >= 0.3 is 0 Å². The summed E-state index contributed by atoms with van der Waals surface area (Å²) in [6.07, 6.45) is 6.40. The minimum Gasteiger partial charge on any atom is -0.469 e. The van der Waals surface area contributed by atoms with Gasteiger partial charge in [-0.05, 0) is 18.6 Å². The molecule has 3 rings (SSSR count). The second kappa shape index (κ2) is 11.9. The predicted molar refractivity (Wildman–Crippen MR) is 115 cm³/mol. The first-order chi connectivity index (χ1) is 12.8. The Hall–Kier alpha value is -0.840. The number of hydrogen-bond donors (Lipinski definition) is 2. The van der Waals surface area contributed by atoms with Crippen LogP contribution in [0.1, 0.15) is 38.4 Å². The van der Waals surface area contributed by atoms with E-state index >= 15 is 0 Å². The highest BCUT2D eigenvalue weighted by Gasteiger charge is 2.42. The minimum absolute atomic E-state index is 0. The number of nitrogens with zero attached hydrogens (tertiary/aromatic N) is 1. The van der Waals surface area contributed by atoms with Crippen LogP contribution in [0.2, 0.25) is 0 Å². The lowest BCUT2D eigenvalue weighted by atomic mass is 10.1. The number of hydrogen-bond acceptors (Lipinski definition) is 5. The third-order valence-electron chi connectivity index (χ3n) is 4.69. The summed E-state index contributed by atoms with van der Waals surface area (Å²) in [5.74, 6) is 1.35. The van der Waals surface area contributed by atoms with E-state index in [1.165, 1.54) is 0 Å². The van der Waals surface area contributed by atoms with Gasteiger partial charge in [-0.3, -0.25) is 4.99 Å². The third-order valence-corrected chi connectivity index (χ3v) is 4.69. The number of furan rings is 1. The zero-order chi connectivity index (χ0) is 18.1. The fraction of sp³-hybridized carbons (Fsp3) is 0.737. The molecule has 2 N–H and O–H groups in total. The van der Waals surface area contributed by atoms with Crippen molar-refractivity contribution in [1.82, 2.24) is 10.6 Å². The topological polar surface area (TPSA) is 77.3 Å². The van der Waals surface area contributed by atoms with Gasteiger partial charge in [0.15, 0.2) is 11.7 Å². The molecule has 3 heterocycles.